The molecule has 0 spiro atoms. The SMILES string of the molecule is CCC1C2CNCC2CN1S(=O)(=O)c1cc(C)cc(C)c1. The second-order valence-corrected chi connectivity index (χ2v) is 8.35. The van der Waals surface area contributed by atoms with Gasteiger partial charge in [0.25, 0.3) is 0 Å². The van der Waals surface area contributed by atoms with Crippen LogP contribution in [0, 0.1) is 25.7 Å². The molecule has 0 aromatic heterocycles. The number of nitrogens with zero attached hydrogens (tertiary/aromatic N) is 1. The average molecular weight is 308 g/mol. The van der Waals surface area contributed by atoms with E-state index in [9.17, 15) is 8.42 Å². The van der Waals surface area contributed by atoms with Crippen molar-refractivity contribution in [2.45, 2.75) is 38.1 Å². The number of fused-ring (bicyclic) bond motifs is 1. The first-order chi connectivity index (χ1) is 9.93. The van der Waals surface area contributed by atoms with Crippen molar-refractivity contribution in [1.82, 2.24) is 9.62 Å². The van der Waals surface area contributed by atoms with Crippen LogP contribution in [-0.2, 0) is 10.0 Å². The molecule has 0 radical (unpaired) electrons. The molecule has 0 amide bonds. The second-order valence-electron chi connectivity index (χ2n) is 6.46. The number of hydrogen-bond donors (Lipinski definition) is 1. The van der Waals surface area contributed by atoms with Gasteiger partial charge in [-0.15, -0.1) is 0 Å². The van der Waals surface area contributed by atoms with E-state index >= 15 is 0 Å². The van der Waals surface area contributed by atoms with Crippen molar-refractivity contribution >= 4 is 10.0 Å². The van der Waals surface area contributed by atoms with Crippen molar-refractivity contribution in [3.63, 3.8) is 0 Å². The summed E-state index contributed by atoms with van der Waals surface area (Å²) in [5.74, 6) is 0.936. The number of benzene rings is 1. The lowest BCUT2D eigenvalue weighted by Gasteiger charge is -2.26. The van der Waals surface area contributed by atoms with Gasteiger partial charge < -0.3 is 5.32 Å². The minimum Gasteiger partial charge on any atom is -0.316 e. The summed E-state index contributed by atoms with van der Waals surface area (Å²) < 4.78 is 27.9. The Bertz CT molecular complexity index is 621. The van der Waals surface area contributed by atoms with Crippen LogP contribution in [0.25, 0.3) is 0 Å². The predicted molar refractivity (Wildman–Crippen MR) is 83.7 cm³/mol. The zero-order valence-electron chi connectivity index (χ0n) is 13.0. The third-order valence-electron chi connectivity index (χ3n) is 4.89. The molecule has 0 saturated carbocycles. The maximum absolute atomic E-state index is 13.0. The lowest BCUT2D eigenvalue weighted by atomic mass is 9.93. The minimum atomic E-state index is -3.38. The van der Waals surface area contributed by atoms with Gasteiger partial charge >= 0.3 is 0 Å². The number of hydrogen-bond acceptors (Lipinski definition) is 3. The molecule has 2 heterocycles. The van der Waals surface area contributed by atoms with Gasteiger partial charge in [-0.2, -0.15) is 4.31 Å². The third-order valence-corrected chi connectivity index (χ3v) is 6.76. The van der Waals surface area contributed by atoms with Crippen molar-refractivity contribution in [2.75, 3.05) is 19.6 Å². The van der Waals surface area contributed by atoms with E-state index in [1.165, 1.54) is 0 Å². The minimum absolute atomic E-state index is 0.135. The van der Waals surface area contributed by atoms with Gasteiger partial charge in [0.15, 0.2) is 0 Å². The van der Waals surface area contributed by atoms with Gasteiger partial charge in [0.1, 0.15) is 0 Å². The van der Waals surface area contributed by atoms with Crippen molar-refractivity contribution in [2.24, 2.45) is 11.8 Å². The fourth-order valence-corrected chi connectivity index (χ4v) is 5.97. The number of nitrogens with one attached hydrogen (secondary N) is 1. The first-order valence-electron chi connectivity index (χ1n) is 7.74. The Morgan fingerprint density at radius 3 is 2.48 bits per heavy atom. The van der Waals surface area contributed by atoms with E-state index < -0.39 is 10.0 Å². The highest BCUT2D eigenvalue weighted by Crippen LogP contribution is 2.37. The molecule has 2 fully saturated rings. The lowest BCUT2D eigenvalue weighted by Crippen LogP contribution is -2.39. The summed E-state index contributed by atoms with van der Waals surface area (Å²) >= 11 is 0. The molecule has 1 aromatic carbocycles. The van der Waals surface area contributed by atoms with Crippen LogP contribution in [0.2, 0.25) is 0 Å². The van der Waals surface area contributed by atoms with Gasteiger partial charge in [0.2, 0.25) is 10.0 Å². The molecule has 2 aliphatic heterocycles. The van der Waals surface area contributed by atoms with Gasteiger partial charge in [-0.3, -0.25) is 0 Å². The molecule has 21 heavy (non-hydrogen) atoms. The molecule has 3 rings (SSSR count). The van der Waals surface area contributed by atoms with E-state index in [1.807, 2.05) is 19.9 Å². The van der Waals surface area contributed by atoms with Crippen LogP contribution < -0.4 is 5.32 Å². The number of sulfonamides is 1. The van der Waals surface area contributed by atoms with Gasteiger partial charge in [-0.1, -0.05) is 13.0 Å². The normalized spacial score (nSPS) is 29.8. The summed E-state index contributed by atoms with van der Waals surface area (Å²) in [6, 6.07) is 5.73. The van der Waals surface area contributed by atoms with Gasteiger partial charge in [-0.25, -0.2) is 8.42 Å². The van der Waals surface area contributed by atoms with Crippen LogP contribution in [0.15, 0.2) is 23.1 Å². The van der Waals surface area contributed by atoms with Crippen LogP contribution in [0.3, 0.4) is 0 Å². The number of rotatable bonds is 3. The first kappa shape index (κ1) is 15.0. The summed E-state index contributed by atoms with van der Waals surface area (Å²) in [5, 5.41) is 3.40. The highest BCUT2D eigenvalue weighted by Gasteiger charge is 2.48. The van der Waals surface area contributed by atoms with Crippen LogP contribution in [0.4, 0.5) is 0 Å². The van der Waals surface area contributed by atoms with Gasteiger partial charge in [0.05, 0.1) is 4.90 Å². The Morgan fingerprint density at radius 2 is 1.86 bits per heavy atom. The average Bonchev–Trinajstić information content (AvgIpc) is 2.97. The predicted octanol–water partition coefficient (Wildman–Crippen LogP) is 1.92. The Balaban J connectivity index is 1.98. The summed E-state index contributed by atoms with van der Waals surface area (Å²) in [7, 11) is -3.38. The van der Waals surface area contributed by atoms with Crippen LogP contribution in [-0.4, -0.2) is 38.4 Å². The lowest BCUT2D eigenvalue weighted by molar-refractivity contribution is 0.329. The van der Waals surface area contributed by atoms with Crippen molar-refractivity contribution < 1.29 is 8.42 Å². The number of aryl methyl sites for hydroxylation is 2. The molecule has 116 valence electrons. The smallest absolute Gasteiger partial charge is 0.243 e. The van der Waals surface area contributed by atoms with Gasteiger partial charge in [0, 0.05) is 12.6 Å². The molecule has 2 saturated heterocycles. The van der Waals surface area contributed by atoms with Crippen molar-refractivity contribution in [1.29, 1.82) is 0 Å². The molecule has 3 atom stereocenters. The Morgan fingerprint density at radius 1 is 1.19 bits per heavy atom. The fourth-order valence-electron chi connectivity index (χ4n) is 3.98. The van der Waals surface area contributed by atoms with E-state index in [1.54, 1.807) is 16.4 Å². The molecule has 5 heteroatoms. The van der Waals surface area contributed by atoms with Crippen molar-refractivity contribution in [3.05, 3.63) is 29.3 Å². The van der Waals surface area contributed by atoms with Crippen LogP contribution >= 0.6 is 0 Å². The Labute approximate surface area is 127 Å². The highest BCUT2D eigenvalue weighted by molar-refractivity contribution is 7.89. The third kappa shape index (κ3) is 2.51. The Hall–Kier alpha value is -0.910. The van der Waals surface area contributed by atoms with E-state index in [-0.39, 0.29) is 6.04 Å². The molecule has 0 bridgehead atoms. The van der Waals surface area contributed by atoms with E-state index in [2.05, 4.69) is 12.2 Å². The van der Waals surface area contributed by atoms with E-state index in [0.29, 0.717) is 23.3 Å². The maximum atomic E-state index is 13.0. The molecule has 1 aromatic rings. The summed E-state index contributed by atoms with van der Waals surface area (Å²) in [4.78, 5) is 0.450. The van der Waals surface area contributed by atoms with Crippen LogP contribution in [0.5, 0.6) is 0 Å². The molecular formula is C16H24N2O2S. The maximum Gasteiger partial charge on any atom is 0.243 e. The standard InChI is InChI=1S/C16H24N2O2S/c1-4-16-15-9-17-8-13(15)10-18(16)21(19,20)14-6-11(2)5-12(3)7-14/h5-7,13,15-17H,4,8-10H2,1-3H3. The molecule has 4 nitrogen and oxygen atoms in total. The van der Waals surface area contributed by atoms with Crippen LogP contribution in [0.1, 0.15) is 24.5 Å². The fraction of sp³-hybridized carbons (Fsp3) is 0.625. The van der Waals surface area contributed by atoms with Gasteiger partial charge in [-0.05, 0) is 68.5 Å². The zero-order valence-corrected chi connectivity index (χ0v) is 13.8. The second kappa shape index (κ2) is 5.38. The quantitative estimate of drug-likeness (QED) is 0.928. The molecule has 0 aliphatic carbocycles. The first-order valence-corrected chi connectivity index (χ1v) is 9.18. The Kier molecular flexibility index (Phi) is 3.84. The molecule has 1 N–H and O–H groups in total. The highest BCUT2D eigenvalue weighted by atomic mass is 32.2. The summed E-state index contributed by atoms with van der Waals surface area (Å²) in [6.07, 6.45) is 0.882. The van der Waals surface area contributed by atoms with Crippen molar-refractivity contribution in [3.8, 4) is 0 Å². The largest absolute Gasteiger partial charge is 0.316 e. The zero-order chi connectivity index (χ0) is 15.2. The molecule has 2 aliphatic rings. The summed E-state index contributed by atoms with van der Waals surface area (Å²) in [6.45, 7) is 8.54. The van der Waals surface area contributed by atoms with E-state index in [0.717, 1.165) is 30.6 Å². The molecular weight excluding hydrogens is 284 g/mol. The monoisotopic (exact) mass is 308 g/mol. The summed E-state index contributed by atoms with van der Waals surface area (Å²) in [5.41, 5.74) is 2.00. The van der Waals surface area contributed by atoms with E-state index in [4.69, 9.17) is 0 Å². The molecule has 3 unspecified atom stereocenters. The topological polar surface area (TPSA) is 49.4 Å².